The van der Waals surface area contributed by atoms with Crippen molar-refractivity contribution in [2.75, 3.05) is 26.3 Å². The first-order chi connectivity index (χ1) is 13.8. The molecule has 29 heavy (non-hydrogen) atoms. The fourth-order valence-corrected chi connectivity index (χ4v) is 3.98. The standard InChI is InChI=1S/C21H26N2O5S/c1-16-3-5-18(6-4-16)15-22-29(25,26)20-9-7-19(8-10-20)28-17(2)21(24)23-11-13-27-14-12-23/h3-10,17,22H,11-15H2,1-2H3/t17-/m1/s1. The van der Waals surface area contributed by atoms with E-state index in [-0.39, 0.29) is 17.3 Å². The Morgan fingerprint density at radius 2 is 1.72 bits per heavy atom. The molecule has 8 heteroatoms. The first kappa shape index (κ1) is 21.3. The molecule has 1 heterocycles. The predicted molar refractivity (Wildman–Crippen MR) is 109 cm³/mol. The number of hydrogen-bond acceptors (Lipinski definition) is 5. The van der Waals surface area contributed by atoms with Crippen LogP contribution in [0.4, 0.5) is 0 Å². The molecular formula is C21H26N2O5S. The monoisotopic (exact) mass is 418 g/mol. The van der Waals surface area contributed by atoms with E-state index in [1.807, 2.05) is 31.2 Å². The van der Waals surface area contributed by atoms with Crippen molar-refractivity contribution in [3.8, 4) is 5.75 Å². The molecule has 1 amide bonds. The van der Waals surface area contributed by atoms with Crippen molar-refractivity contribution < 1.29 is 22.7 Å². The summed E-state index contributed by atoms with van der Waals surface area (Å²) in [5.41, 5.74) is 2.00. The van der Waals surface area contributed by atoms with Crippen LogP contribution in [-0.4, -0.2) is 51.6 Å². The van der Waals surface area contributed by atoms with Gasteiger partial charge in [0.1, 0.15) is 5.75 Å². The van der Waals surface area contributed by atoms with Crippen molar-refractivity contribution in [1.29, 1.82) is 0 Å². The molecule has 1 fully saturated rings. The van der Waals surface area contributed by atoms with Crippen molar-refractivity contribution in [3.05, 3.63) is 59.7 Å². The molecule has 0 radical (unpaired) electrons. The second-order valence-corrected chi connectivity index (χ2v) is 8.75. The topological polar surface area (TPSA) is 84.9 Å². The number of sulfonamides is 1. The minimum Gasteiger partial charge on any atom is -0.481 e. The zero-order chi connectivity index (χ0) is 20.9. The number of carbonyl (C=O) groups is 1. The van der Waals surface area contributed by atoms with Gasteiger partial charge in [0.25, 0.3) is 5.91 Å². The van der Waals surface area contributed by atoms with Gasteiger partial charge in [-0.3, -0.25) is 4.79 Å². The summed E-state index contributed by atoms with van der Waals surface area (Å²) in [4.78, 5) is 14.3. The van der Waals surface area contributed by atoms with E-state index in [1.165, 1.54) is 12.1 Å². The number of nitrogens with zero attached hydrogens (tertiary/aromatic N) is 1. The van der Waals surface area contributed by atoms with E-state index >= 15 is 0 Å². The van der Waals surface area contributed by atoms with Gasteiger partial charge >= 0.3 is 0 Å². The fraction of sp³-hybridized carbons (Fsp3) is 0.381. The van der Waals surface area contributed by atoms with Crippen molar-refractivity contribution in [2.24, 2.45) is 0 Å². The Bertz CT molecular complexity index is 921. The number of rotatable bonds is 7. The van der Waals surface area contributed by atoms with Gasteiger partial charge in [0, 0.05) is 19.6 Å². The van der Waals surface area contributed by atoms with Gasteiger partial charge in [0.05, 0.1) is 18.1 Å². The van der Waals surface area contributed by atoms with Crippen LogP contribution in [0.25, 0.3) is 0 Å². The maximum atomic E-state index is 12.5. The summed E-state index contributed by atoms with van der Waals surface area (Å²) in [5, 5.41) is 0. The highest BCUT2D eigenvalue weighted by Crippen LogP contribution is 2.18. The van der Waals surface area contributed by atoms with E-state index in [0.29, 0.717) is 32.1 Å². The van der Waals surface area contributed by atoms with Crippen LogP contribution in [0.15, 0.2) is 53.4 Å². The molecule has 7 nitrogen and oxygen atoms in total. The first-order valence-electron chi connectivity index (χ1n) is 9.53. The van der Waals surface area contributed by atoms with Crippen LogP contribution in [-0.2, 0) is 26.1 Å². The second-order valence-electron chi connectivity index (χ2n) is 6.98. The SMILES string of the molecule is Cc1ccc(CNS(=O)(=O)c2ccc(O[C@H](C)C(=O)N3CCOCC3)cc2)cc1. The molecule has 1 saturated heterocycles. The Hall–Kier alpha value is -2.42. The fourth-order valence-electron chi connectivity index (χ4n) is 2.96. The molecule has 1 atom stereocenters. The molecule has 156 valence electrons. The lowest BCUT2D eigenvalue weighted by Crippen LogP contribution is -2.46. The lowest BCUT2D eigenvalue weighted by Gasteiger charge is -2.29. The molecule has 1 N–H and O–H groups in total. The molecule has 0 bridgehead atoms. The second kappa shape index (κ2) is 9.39. The number of ether oxygens (including phenoxy) is 2. The van der Waals surface area contributed by atoms with Crippen molar-refractivity contribution >= 4 is 15.9 Å². The van der Waals surface area contributed by atoms with Crippen molar-refractivity contribution in [3.63, 3.8) is 0 Å². The van der Waals surface area contributed by atoms with E-state index < -0.39 is 16.1 Å². The zero-order valence-corrected chi connectivity index (χ0v) is 17.4. The van der Waals surface area contributed by atoms with Crippen LogP contribution < -0.4 is 9.46 Å². The molecule has 0 unspecified atom stereocenters. The normalized spacial score (nSPS) is 15.7. The highest BCUT2D eigenvalue weighted by molar-refractivity contribution is 7.89. The average Bonchev–Trinajstić information content (AvgIpc) is 2.74. The van der Waals surface area contributed by atoms with Gasteiger partial charge in [-0.2, -0.15) is 0 Å². The Morgan fingerprint density at radius 3 is 2.34 bits per heavy atom. The largest absolute Gasteiger partial charge is 0.481 e. The maximum absolute atomic E-state index is 12.5. The summed E-state index contributed by atoms with van der Waals surface area (Å²) in [5.74, 6) is 0.335. The Morgan fingerprint density at radius 1 is 1.10 bits per heavy atom. The quantitative estimate of drug-likeness (QED) is 0.744. The molecule has 2 aromatic rings. The molecule has 1 aliphatic heterocycles. The number of carbonyl (C=O) groups excluding carboxylic acids is 1. The summed E-state index contributed by atoms with van der Waals surface area (Å²) >= 11 is 0. The lowest BCUT2D eigenvalue weighted by atomic mass is 10.2. The third-order valence-corrected chi connectivity index (χ3v) is 6.12. The first-order valence-corrected chi connectivity index (χ1v) is 11.0. The van der Waals surface area contributed by atoms with Crippen LogP contribution >= 0.6 is 0 Å². The van der Waals surface area contributed by atoms with E-state index in [1.54, 1.807) is 24.0 Å². The smallest absolute Gasteiger partial charge is 0.263 e. The zero-order valence-electron chi connectivity index (χ0n) is 16.6. The number of hydrogen-bond donors (Lipinski definition) is 1. The number of aryl methyl sites for hydroxylation is 1. The van der Waals surface area contributed by atoms with Gasteiger partial charge in [-0.15, -0.1) is 0 Å². The molecule has 0 aromatic heterocycles. The van der Waals surface area contributed by atoms with E-state index in [2.05, 4.69) is 4.72 Å². The summed E-state index contributed by atoms with van der Waals surface area (Å²) in [6, 6.07) is 13.7. The molecule has 0 saturated carbocycles. The van der Waals surface area contributed by atoms with E-state index in [4.69, 9.17) is 9.47 Å². The Kier molecular flexibility index (Phi) is 6.89. The third kappa shape index (κ3) is 5.79. The molecule has 1 aliphatic rings. The van der Waals surface area contributed by atoms with Gasteiger partial charge < -0.3 is 14.4 Å². The van der Waals surface area contributed by atoms with Crippen LogP contribution in [0.5, 0.6) is 5.75 Å². The van der Waals surface area contributed by atoms with E-state index in [0.717, 1.165) is 11.1 Å². The number of morpholine rings is 1. The summed E-state index contributed by atoms with van der Waals surface area (Å²) in [7, 11) is -3.64. The summed E-state index contributed by atoms with van der Waals surface area (Å²) in [6.45, 7) is 6.04. The minimum atomic E-state index is -3.64. The van der Waals surface area contributed by atoms with Crippen LogP contribution in [0.1, 0.15) is 18.1 Å². The lowest BCUT2D eigenvalue weighted by molar-refractivity contribution is -0.142. The number of nitrogens with one attached hydrogen (secondary N) is 1. The molecule has 0 aliphatic carbocycles. The average molecular weight is 419 g/mol. The number of amides is 1. The van der Waals surface area contributed by atoms with Gasteiger partial charge in [0.2, 0.25) is 10.0 Å². The molecule has 2 aromatic carbocycles. The molecular weight excluding hydrogens is 392 g/mol. The van der Waals surface area contributed by atoms with Gasteiger partial charge in [-0.1, -0.05) is 29.8 Å². The third-order valence-electron chi connectivity index (χ3n) is 4.70. The molecule has 0 spiro atoms. The Labute approximate surface area is 171 Å². The highest BCUT2D eigenvalue weighted by atomic mass is 32.2. The summed E-state index contributed by atoms with van der Waals surface area (Å²) in [6.07, 6.45) is -0.657. The maximum Gasteiger partial charge on any atom is 0.263 e. The highest BCUT2D eigenvalue weighted by Gasteiger charge is 2.24. The van der Waals surface area contributed by atoms with Crippen LogP contribution in [0, 0.1) is 6.92 Å². The number of benzene rings is 2. The van der Waals surface area contributed by atoms with E-state index in [9.17, 15) is 13.2 Å². The predicted octanol–water partition coefficient (Wildman–Crippen LogP) is 2.10. The van der Waals surface area contributed by atoms with Crippen LogP contribution in [0.2, 0.25) is 0 Å². The summed E-state index contributed by atoms with van der Waals surface area (Å²) < 4.78 is 38.5. The van der Waals surface area contributed by atoms with Crippen molar-refractivity contribution in [1.82, 2.24) is 9.62 Å². The minimum absolute atomic E-state index is 0.107. The van der Waals surface area contributed by atoms with Gasteiger partial charge in [-0.25, -0.2) is 13.1 Å². The van der Waals surface area contributed by atoms with Crippen molar-refractivity contribution in [2.45, 2.75) is 31.4 Å². The van der Waals surface area contributed by atoms with Gasteiger partial charge in [0.15, 0.2) is 6.10 Å². The van der Waals surface area contributed by atoms with Gasteiger partial charge in [-0.05, 0) is 43.7 Å². The van der Waals surface area contributed by atoms with Crippen LogP contribution in [0.3, 0.4) is 0 Å². The molecule has 3 rings (SSSR count). The Balaban J connectivity index is 1.58.